The number of piperazine rings is 1. The summed E-state index contributed by atoms with van der Waals surface area (Å²) in [4.78, 5) is 12.5. The summed E-state index contributed by atoms with van der Waals surface area (Å²) in [6.07, 6.45) is 0. The quantitative estimate of drug-likeness (QED) is 0.816. The van der Waals surface area contributed by atoms with Crippen LogP contribution in [0.2, 0.25) is 5.02 Å². The van der Waals surface area contributed by atoms with Gasteiger partial charge in [-0.25, -0.2) is 8.42 Å². The van der Waals surface area contributed by atoms with E-state index in [4.69, 9.17) is 21.1 Å². The number of rotatable bonds is 5. The van der Waals surface area contributed by atoms with Crippen LogP contribution in [0.3, 0.4) is 0 Å². The van der Waals surface area contributed by atoms with Crippen LogP contribution in [0.5, 0.6) is 11.5 Å². The molecule has 1 atom stereocenters. The first-order chi connectivity index (χ1) is 12.9. The predicted octanol–water partition coefficient (Wildman–Crippen LogP) is 2.22. The average molecular weight is 411 g/mol. The number of hydrogen-bond acceptors (Lipinski definition) is 5. The van der Waals surface area contributed by atoms with Gasteiger partial charge in [0.2, 0.25) is 15.9 Å². The molecule has 0 spiro atoms. The van der Waals surface area contributed by atoms with E-state index >= 15 is 0 Å². The molecular formula is C18H19ClN2O5S. The summed E-state index contributed by atoms with van der Waals surface area (Å²) < 4.78 is 38.4. The van der Waals surface area contributed by atoms with E-state index in [9.17, 15) is 13.2 Å². The van der Waals surface area contributed by atoms with Gasteiger partial charge in [-0.2, -0.15) is 4.31 Å². The summed E-state index contributed by atoms with van der Waals surface area (Å²) in [7, 11) is -1.25. The number of amides is 1. The van der Waals surface area contributed by atoms with Crippen LogP contribution in [0, 0.1) is 0 Å². The minimum Gasteiger partial charge on any atom is -0.497 e. The third kappa shape index (κ3) is 3.60. The first-order valence-electron chi connectivity index (χ1n) is 8.16. The van der Waals surface area contributed by atoms with Crippen LogP contribution in [0.15, 0.2) is 47.4 Å². The van der Waals surface area contributed by atoms with Gasteiger partial charge in [0.15, 0.2) is 0 Å². The molecule has 2 aromatic rings. The molecule has 7 nitrogen and oxygen atoms in total. The Kier molecular flexibility index (Phi) is 5.59. The summed E-state index contributed by atoms with van der Waals surface area (Å²) in [5.74, 6) is 0.101. The fraction of sp³-hybridized carbons (Fsp3) is 0.278. The van der Waals surface area contributed by atoms with Crippen molar-refractivity contribution in [3.05, 3.63) is 53.1 Å². The molecular weight excluding hydrogens is 392 g/mol. The second-order valence-corrected chi connectivity index (χ2v) is 8.11. The van der Waals surface area contributed by atoms with Crippen molar-refractivity contribution >= 4 is 27.5 Å². The van der Waals surface area contributed by atoms with Gasteiger partial charge in [0.25, 0.3) is 0 Å². The normalized spacial score (nSPS) is 18.0. The second-order valence-electron chi connectivity index (χ2n) is 5.85. The van der Waals surface area contributed by atoms with Crippen LogP contribution in [0.4, 0.5) is 0 Å². The number of sulfonamides is 1. The lowest BCUT2D eigenvalue weighted by molar-refractivity contribution is -0.126. The zero-order chi connectivity index (χ0) is 19.6. The average Bonchev–Trinajstić information content (AvgIpc) is 2.68. The minimum atomic E-state index is -4.08. The van der Waals surface area contributed by atoms with Gasteiger partial charge < -0.3 is 14.8 Å². The topological polar surface area (TPSA) is 84.9 Å². The maximum absolute atomic E-state index is 13.4. The third-order valence-corrected chi connectivity index (χ3v) is 6.55. The summed E-state index contributed by atoms with van der Waals surface area (Å²) in [6, 6.07) is 10.1. The number of carbonyl (C=O) groups is 1. The van der Waals surface area contributed by atoms with E-state index in [1.54, 1.807) is 30.3 Å². The van der Waals surface area contributed by atoms with E-state index in [2.05, 4.69) is 5.32 Å². The van der Waals surface area contributed by atoms with Crippen molar-refractivity contribution in [2.75, 3.05) is 27.3 Å². The van der Waals surface area contributed by atoms with Crippen molar-refractivity contribution in [2.24, 2.45) is 0 Å². The van der Waals surface area contributed by atoms with Crippen LogP contribution in [-0.4, -0.2) is 45.9 Å². The maximum atomic E-state index is 13.4. The Morgan fingerprint density at radius 3 is 2.56 bits per heavy atom. The smallest absolute Gasteiger partial charge is 0.248 e. The Hall–Kier alpha value is -2.29. The number of nitrogens with one attached hydrogen (secondary N) is 1. The van der Waals surface area contributed by atoms with Crippen LogP contribution < -0.4 is 14.8 Å². The molecule has 1 heterocycles. The molecule has 0 bridgehead atoms. The van der Waals surface area contributed by atoms with Crippen LogP contribution in [0.1, 0.15) is 11.6 Å². The predicted molar refractivity (Wildman–Crippen MR) is 101 cm³/mol. The van der Waals surface area contributed by atoms with Gasteiger partial charge >= 0.3 is 0 Å². The Labute approximate surface area is 162 Å². The van der Waals surface area contributed by atoms with E-state index in [-0.39, 0.29) is 23.7 Å². The highest BCUT2D eigenvalue weighted by Gasteiger charge is 2.41. The zero-order valence-corrected chi connectivity index (χ0v) is 16.4. The minimum absolute atomic E-state index is 0.0731. The molecule has 0 aromatic heterocycles. The number of carbonyl (C=O) groups excluding carboxylic acids is 1. The first-order valence-corrected chi connectivity index (χ1v) is 9.98. The first kappa shape index (κ1) is 19.5. The number of methoxy groups -OCH3 is 2. The molecule has 1 aliphatic heterocycles. The summed E-state index contributed by atoms with van der Waals surface area (Å²) in [5, 5.41) is 3.02. The Morgan fingerprint density at radius 2 is 1.89 bits per heavy atom. The monoisotopic (exact) mass is 410 g/mol. The number of benzene rings is 2. The Bertz CT molecular complexity index is 964. The zero-order valence-electron chi connectivity index (χ0n) is 14.8. The molecule has 3 rings (SSSR count). The van der Waals surface area contributed by atoms with E-state index in [0.29, 0.717) is 16.3 Å². The molecule has 0 saturated carbocycles. The fourth-order valence-electron chi connectivity index (χ4n) is 3.01. The lowest BCUT2D eigenvalue weighted by atomic mass is 10.0. The molecule has 1 amide bonds. The van der Waals surface area contributed by atoms with Gasteiger partial charge in [0, 0.05) is 24.2 Å². The molecule has 1 aliphatic rings. The number of nitrogens with zero attached hydrogens (tertiary/aromatic N) is 1. The highest BCUT2D eigenvalue weighted by Crippen LogP contribution is 2.37. The van der Waals surface area contributed by atoms with Gasteiger partial charge in [-0.05, 0) is 23.8 Å². The van der Waals surface area contributed by atoms with E-state index < -0.39 is 22.0 Å². The van der Waals surface area contributed by atoms with Crippen LogP contribution in [0.25, 0.3) is 0 Å². The van der Waals surface area contributed by atoms with Crippen molar-refractivity contribution in [1.82, 2.24) is 9.62 Å². The van der Waals surface area contributed by atoms with Gasteiger partial charge in [-0.1, -0.05) is 29.8 Å². The fourth-order valence-corrected chi connectivity index (χ4v) is 4.99. The van der Waals surface area contributed by atoms with Gasteiger partial charge in [-0.15, -0.1) is 0 Å². The van der Waals surface area contributed by atoms with Crippen molar-refractivity contribution in [3.8, 4) is 11.5 Å². The van der Waals surface area contributed by atoms with Crippen molar-refractivity contribution < 1.29 is 22.7 Å². The SMILES string of the molecule is COc1ccc(OC)c(S(=O)(=O)N2CCNC(=O)C2c2ccccc2Cl)c1. The largest absolute Gasteiger partial charge is 0.497 e. The molecule has 1 unspecified atom stereocenters. The highest BCUT2D eigenvalue weighted by atomic mass is 35.5. The molecule has 1 N–H and O–H groups in total. The number of halogens is 1. The summed E-state index contributed by atoms with van der Waals surface area (Å²) in [5.41, 5.74) is 0.418. The Balaban J connectivity index is 2.14. The molecule has 144 valence electrons. The molecule has 0 aliphatic carbocycles. The standard InChI is InChI=1S/C18H19ClN2O5S/c1-25-12-7-8-15(26-2)16(11-12)27(23,24)21-10-9-20-18(22)17(21)13-5-3-4-6-14(13)19/h3-8,11,17H,9-10H2,1-2H3,(H,20,22). The molecule has 1 saturated heterocycles. The molecule has 2 aromatic carbocycles. The van der Waals surface area contributed by atoms with Crippen molar-refractivity contribution in [2.45, 2.75) is 10.9 Å². The number of ether oxygens (including phenoxy) is 2. The maximum Gasteiger partial charge on any atom is 0.248 e. The van der Waals surface area contributed by atoms with Crippen molar-refractivity contribution in [3.63, 3.8) is 0 Å². The van der Waals surface area contributed by atoms with E-state index in [1.165, 1.54) is 26.4 Å². The second kappa shape index (κ2) is 7.75. The lowest BCUT2D eigenvalue weighted by Gasteiger charge is -2.34. The third-order valence-electron chi connectivity index (χ3n) is 4.32. The lowest BCUT2D eigenvalue weighted by Crippen LogP contribution is -2.52. The van der Waals surface area contributed by atoms with Gasteiger partial charge in [0.05, 0.1) is 14.2 Å². The summed E-state index contributed by atoms with van der Waals surface area (Å²) >= 11 is 6.24. The molecule has 0 radical (unpaired) electrons. The Morgan fingerprint density at radius 1 is 1.15 bits per heavy atom. The molecule has 1 fully saturated rings. The highest BCUT2D eigenvalue weighted by molar-refractivity contribution is 7.89. The van der Waals surface area contributed by atoms with E-state index in [1.807, 2.05) is 0 Å². The van der Waals surface area contributed by atoms with Gasteiger partial charge in [0.1, 0.15) is 22.4 Å². The van der Waals surface area contributed by atoms with Gasteiger partial charge in [-0.3, -0.25) is 4.79 Å². The summed E-state index contributed by atoms with van der Waals surface area (Å²) in [6.45, 7) is 0.301. The van der Waals surface area contributed by atoms with Crippen molar-refractivity contribution in [1.29, 1.82) is 0 Å². The molecule has 9 heteroatoms. The van der Waals surface area contributed by atoms with E-state index in [0.717, 1.165) is 4.31 Å². The number of hydrogen-bond donors (Lipinski definition) is 1. The van der Waals surface area contributed by atoms with Crippen LogP contribution in [-0.2, 0) is 14.8 Å². The van der Waals surface area contributed by atoms with Crippen LogP contribution >= 0.6 is 11.6 Å². The molecule has 27 heavy (non-hydrogen) atoms.